The first-order valence-corrected chi connectivity index (χ1v) is 7.26. The monoisotopic (exact) mass is 271 g/mol. The molecule has 1 aliphatic rings. The van der Waals surface area contributed by atoms with E-state index in [1.807, 2.05) is 30.3 Å². The van der Waals surface area contributed by atoms with Gasteiger partial charge in [-0.3, -0.25) is 5.10 Å². The highest BCUT2D eigenvalue weighted by Crippen LogP contribution is 2.31. The molecule has 3 unspecified atom stereocenters. The van der Waals surface area contributed by atoms with Crippen molar-refractivity contribution in [3.63, 3.8) is 0 Å². The van der Waals surface area contributed by atoms with Crippen LogP contribution >= 0.6 is 0 Å². The molecule has 2 aromatic rings. The van der Waals surface area contributed by atoms with E-state index in [9.17, 15) is 5.11 Å². The van der Waals surface area contributed by atoms with Gasteiger partial charge in [0, 0.05) is 11.6 Å². The molecule has 0 spiro atoms. The fourth-order valence-electron chi connectivity index (χ4n) is 2.96. The topological polar surface area (TPSA) is 60.9 Å². The Labute approximate surface area is 119 Å². The van der Waals surface area contributed by atoms with Crippen LogP contribution in [-0.2, 0) is 0 Å². The molecule has 3 atom stereocenters. The molecule has 1 aliphatic heterocycles. The maximum absolute atomic E-state index is 10.7. The van der Waals surface area contributed by atoms with Gasteiger partial charge in [0.2, 0.25) is 0 Å². The quantitative estimate of drug-likeness (QED) is 0.804. The predicted molar refractivity (Wildman–Crippen MR) is 79.2 cm³/mol. The largest absolute Gasteiger partial charge is 0.387 e. The Bertz CT molecular complexity index is 552. The highest BCUT2D eigenvalue weighted by molar-refractivity contribution is 5.63. The third kappa shape index (κ3) is 2.62. The molecule has 0 radical (unpaired) electrons. The van der Waals surface area contributed by atoms with Crippen LogP contribution in [0.15, 0.2) is 36.5 Å². The normalized spacial score (nSPS) is 24.5. The summed E-state index contributed by atoms with van der Waals surface area (Å²) >= 11 is 0. The molecule has 2 heterocycles. The van der Waals surface area contributed by atoms with Crippen LogP contribution in [0, 0.1) is 5.92 Å². The molecular weight excluding hydrogens is 250 g/mol. The van der Waals surface area contributed by atoms with E-state index in [-0.39, 0.29) is 6.04 Å². The van der Waals surface area contributed by atoms with Crippen molar-refractivity contribution in [3.05, 3.63) is 42.1 Å². The van der Waals surface area contributed by atoms with Crippen molar-refractivity contribution in [1.29, 1.82) is 0 Å². The molecule has 106 valence electrons. The van der Waals surface area contributed by atoms with Crippen LogP contribution < -0.4 is 5.32 Å². The molecule has 3 N–H and O–H groups in total. The Kier molecular flexibility index (Phi) is 3.85. The molecule has 0 saturated carbocycles. The molecule has 20 heavy (non-hydrogen) atoms. The van der Waals surface area contributed by atoms with Gasteiger partial charge in [-0.05, 0) is 30.9 Å². The van der Waals surface area contributed by atoms with E-state index in [1.54, 1.807) is 6.20 Å². The van der Waals surface area contributed by atoms with Crippen molar-refractivity contribution in [2.75, 3.05) is 6.54 Å². The first-order valence-electron chi connectivity index (χ1n) is 7.26. The van der Waals surface area contributed by atoms with Crippen molar-refractivity contribution in [3.8, 4) is 11.3 Å². The number of aromatic nitrogens is 2. The van der Waals surface area contributed by atoms with E-state index in [2.05, 4.69) is 22.4 Å². The number of rotatable bonds is 3. The summed E-state index contributed by atoms with van der Waals surface area (Å²) in [6.07, 6.45) is 3.40. The Hall–Kier alpha value is -1.65. The van der Waals surface area contributed by atoms with Gasteiger partial charge in [-0.25, -0.2) is 0 Å². The van der Waals surface area contributed by atoms with E-state index in [0.717, 1.165) is 29.8 Å². The Balaban J connectivity index is 1.86. The second kappa shape index (κ2) is 5.77. The van der Waals surface area contributed by atoms with Gasteiger partial charge < -0.3 is 10.4 Å². The van der Waals surface area contributed by atoms with Crippen molar-refractivity contribution < 1.29 is 5.11 Å². The number of aromatic amines is 1. The minimum Gasteiger partial charge on any atom is -0.387 e. The summed E-state index contributed by atoms with van der Waals surface area (Å²) in [6.45, 7) is 3.22. The first kappa shape index (κ1) is 13.3. The Morgan fingerprint density at radius 3 is 2.85 bits per heavy atom. The van der Waals surface area contributed by atoms with Crippen molar-refractivity contribution >= 4 is 0 Å². The maximum atomic E-state index is 10.7. The van der Waals surface area contributed by atoms with Crippen molar-refractivity contribution in [1.82, 2.24) is 15.5 Å². The summed E-state index contributed by atoms with van der Waals surface area (Å²) in [5.41, 5.74) is 2.85. The standard InChI is InChI=1S/C16H21N3O/c1-11-7-8-17-14(9-11)16(20)13-10-18-19-15(13)12-5-3-2-4-6-12/h2-6,10-11,14,16-17,20H,7-9H2,1H3,(H,18,19). The number of hydrogen-bond acceptors (Lipinski definition) is 3. The minimum absolute atomic E-state index is 0.110. The Morgan fingerprint density at radius 2 is 2.10 bits per heavy atom. The summed E-state index contributed by atoms with van der Waals surface area (Å²) in [6, 6.07) is 10.1. The number of H-pyrrole nitrogens is 1. The summed E-state index contributed by atoms with van der Waals surface area (Å²) in [5, 5.41) is 21.2. The van der Waals surface area contributed by atoms with Gasteiger partial charge in [0.15, 0.2) is 0 Å². The van der Waals surface area contributed by atoms with Gasteiger partial charge in [-0.1, -0.05) is 37.3 Å². The number of piperidine rings is 1. The van der Waals surface area contributed by atoms with E-state index in [0.29, 0.717) is 5.92 Å². The fraction of sp³-hybridized carbons (Fsp3) is 0.438. The second-order valence-electron chi connectivity index (χ2n) is 5.70. The molecule has 3 rings (SSSR count). The van der Waals surface area contributed by atoms with Gasteiger partial charge in [0.1, 0.15) is 0 Å². The van der Waals surface area contributed by atoms with Crippen LogP contribution in [0.1, 0.15) is 31.4 Å². The summed E-state index contributed by atoms with van der Waals surface area (Å²) < 4.78 is 0. The lowest BCUT2D eigenvalue weighted by Gasteiger charge is -2.31. The van der Waals surface area contributed by atoms with Crippen LogP contribution in [0.5, 0.6) is 0 Å². The van der Waals surface area contributed by atoms with Gasteiger partial charge in [0.25, 0.3) is 0 Å². The smallest absolute Gasteiger partial charge is 0.0979 e. The lowest BCUT2D eigenvalue weighted by atomic mass is 9.88. The minimum atomic E-state index is -0.522. The zero-order valence-electron chi connectivity index (χ0n) is 11.7. The van der Waals surface area contributed by atoms with Gasteiger partial charge in [0.05, 0.1) is 18.0 Å². The number of hydrogen-bond donors (Lipinski definition) is 3. The van der Waals surface area contributed by atoms with E-state index < -0.39 is 6.10 Å². The van der Waals surface area contributed by atoms with E-state index in [1.165, 1.54) is 6.42 Å². The molecule has 4 nitrogen and oxygen atoms in total. The maximum Gasteiger partial charge on any atom is 0.0979 e. The van der Waals surface area contributed by atoms with Crippen LogP contribution in [0.3, 0.4) is 0 Å². The Morgan fingerprint density at radius 1 is 1.30 bits per heavy atom. The zero-order chi connectivity index (χ0) is 13.9. The fourth-order valence-corrected chi connectivity index (χ4v) is 2.96. The lowest BCUT2D eigenvalue weighted by Crippen LogP contribution is -2.41. The van der Waals surface area contributed by atoms with E-state index >= 15 is 0 Å². The average molecular weight is 271 g/mol. The predicted octanol–water partition coefficient (Wildman–Crippen LogP) is 2.50. The van der Waals surface area contributed by atoms with Crippen molar-refractivity contribution in [2.45, 2.75) is 31.9 Å². The first-order chi connectivity index (χ1) is 9.75. The molecule has 0 amide bonds. The van der Waals surface area contributed by atoms with Gasteiger partial charge in [-0.15, -0.1) is 0 Å². The zero-order valence-corrected chi connectivity index (χ0v) is 11.7. The van der Waals surface area contributed by atoms with Gasteiger partial charge >= 0.3 is 0 Å². The summed E-state index contributed by atoms with van der Waals surface area (Å²) in [4.78, 5) is 0. The third-order valence-electron chi connectivity index (χ3n) is 4.13. The van der Waals surface area contributed by atoms with Crippen LogP contribution in [0.4, 0.5) is 0 Å². The number of benzene rings is 1. The SMILES string of the molecule is CC1CCNC(C(O)c2cn[nH]c2-c2ccccc2)C1. The van der Waals surface area contributed by atoms with Crippen LogP contribution in [0.25, 0.3) is 11.3 Å². The molecular formula is C16H21N3O. The van der Waals surface area contributed by atoms with E-state index in [4.69, 9.17) is 0 Å². The lowest BCUT2D eigenvalue weighted by molar-refractivity contribution is 0.102. The second-order valence-corrected chi connectivity index (χ2v) is 5.70. The van der Waals surface area contributed by atoms with Gasteiger partial charge in [-0.2, -0.15) is 5.10 Å². The van der Waals surface area contributed by atoms with Crippen LogP contribution in [0.2, 0.25) is 0 Å². The number of aliphatic hydroxyl groups excluding tert-OH is 1. The average Bonchev–Trinajstić information content (AvgIpc) is 2.97. The molecule has 1 fully saturated rings. The number of aliphatic hydroxyl groups is 1. The molecule has 0 bridgehead atoms. The number of nitrogens with one attached hydrogen (secondary N) is 2. The molecule has 1 aromatic heterocycles. The third-order valence-corrected chi connectivity index (χ3v) is 4.13. The molecule has 0 aliphatic carbocycles. The molecule has 1 aromatic carbocycles. The molecule has 4 heteroatoms. The highest BCUT2D eigenvalue weighted by atomic mass is 16.3. The van der Waals surface area contributed by atoms with Crippen molar-refractivity contribution in [2.24, 2.45) is 5.92 Å². The highest BCUT2D eigenvalue weighted by Gasteiger charge is 2.28. The summed E-state index contributed by atoms with van der Waals surface area (Å²) in [5.74, 6) is 0.656. The van der Waals surface area contributed by atoms with Crippen LogP contribution in [-0.4, -0.2) is 27.9 Å². The molecule has 1 saturated heterocycles. The summed E-state index contributed by atoms with van der Waals surface area (Å²) in [7, 11) is 0. The number of nitrogens with zero attached hydrogens (tertiary/aromatic N) is 1.